The van der Waals surface area contributed by atoms with Crippen LogP contribution in [0, 0.1) is 12.3 Å². The fourth-order valence-electron chi connectivity index (χ4n) is 5.46. The zero-order valence-corrected chi connectivity index (χ0v) is 16.3. The third kappa shape index (κ3) is 2.30. The largest absolute Gasteiger partial charge is 0.454 e. The Morgan fingerprint density at radius 1 is 1.04 bits per heavy atom. The van der Waals surface area contributed by atoms with Crippen molar-refractivity contribution in [3.05, 3.63) is 42.0 Å². The molecular formula is C23H29NO. The molecule has 4 rings (SSSR count). The van der Waals surface area contributed by atoms with Gasteiger partial charge in [-0.15, -0.1) is 0 Å². The SMILES string of the molecule is CCC1N(c2c(C)ccc3c2oc2ccccc23)C(C)(C)CC1(C)C. The molecule has 1 aromatic heterocycles. The summed E-state index contributed by atoms with van der Waals surface area (Å²) in [6, 6.07) is 13.4. The summed E-state index contributed by atoms with van der Waals surface area (Å²) in [5.41, 5.74) is 5.02. The van der Waals surface area contributed by atoms with E-state index in [1.807, 2.05) is 0 Å². The lowest BCUT2D eigenvalue weighted by atomic mass is 9.80. The van der Waals surface area contributed by atoms with Crippen molar-refractivity contribution in [2.45, 2.75) is 66.0 Å². The lowest BCUT2D eigenvalue weighted by Gasteiger charge is -2.40. The molecule has 1 saturated heterocycles. The second-order valence-corrected chi connectivity index (χ2v) is 8.98. The maximum Gasteiger partial charge on any atom is 0.158 e. The molecule has 132 valence electrons. The van der Waals surface area contributed by atoms with Crippen LogP contribution in [0.15, 0.2) is 40.8 Å². The van der Waals surface area contributed by atoms with Crippen LogP contribution < -0.4 is 4.90 Å². The normalized spacial score (nSPS) is 22.2. The minimum absolute atomic E-state index is 0.113. The highest BCUT2D eigenvalue weighted by atomic mass is 16.3. The third-order valence-corrected chi connectivity index (χ3v) is 6.10. The average molecular weight is 335 g/mol. The summed E-state index contributed by atoms with van der Waals surface area (Å²) in [5.74, 6) is 0. The van der Waals surface area contributed by atoms with Crippen LogP contribution in [0.4, 0.5) is 5.69 Å². The predicted octanol–water partition coefficient (Wildman–Crippen LogP) is 6.69. The first-order valence-electron chi connectivity index (χ1n) is 9.46. The smallest absolute Gasteiger partial charge is 0.158 e. The molecule has 3 aromatic rings. The van der Waals surface area contributed by atoms with Crippen molar-refractivity contribution in [2.24, 2.45) is 5.41 Å². The van der Waals surface area contributed by atoms with Crippen LogP contribution in [0.2, 0.25) is 0 Å². The Morgan fingerprint density at radius 3 is 2.48 bits per heavy atom. The molecule has 0 amide bonds. The Morgan fingerprint density at radius 2 is 1.76 bits per heavy atom. The van der Waals surface area contributed by atoms with Gasteiger partial charge in [0.25, 0.3) is 0 Å². The Bertz CT molecular complexity index is 947. The number of nitrogens with zero attached hydrogens (tertiary/aromatic N) is 1. The second kappa shape index (κ2) is 5.27. The molecule has 0 saturated carbocycles. The lowest BCUT2D eigenvalue weighted by Crippen LogP contribution is -2.44. The van der Waals surface area contributed by atoms with Crippen LogP contribution in [0.5, 0.6) is 0 Å². The van der Waals surface area contributed by atoms with Gasteiger partial charge in [0.15, 0.2) is 5.58 Å². The van der Waals surface area contributed by atoms with E-state index in [0.29, 0.717) is 11.5 Å². The van der Waals surface area contributed by atoms with Gasteiger partial charge in [0.1, 0.15) is 5.58 Å². The molecular weight excluding hydrogens is 306 g/mol. The Labute approximate surface area is 150 Å². The number of rotatable bonds is 2. The van der Waals surface area contributed by atoms with E-state index in [1.165, 1.54) is 28.4 Å². The van der Waals surface area contributed by atoms with Crippen molar-refractivity contribution in [1.29, 1.82) is 0 Å². The van der Waals surface area contributed by atoms with Crippen LogP contribution in [0.1, 0.15) is 53.0 Å². The molecule has 25 heavy (non-hydrogen) atoms. The Kier molecular flexibility index (Phi) is 3.48. The summed E-state index contributed by atoms with van der Waals surface area (Å²) in [6.45, 7) is 14.1. The molecule has 1 aliphatic rings. The first kappa shape index (κ1) is 16.5. The quantitative estimate of drug-likeness (QED) is 0.519. The summed E-state index contributed by atoms with van der Waals surface area (Å²) >= 11 is 0. The molecule has 0 N–H and O–H groups in total. The molecule has 2 nitrogen and oxygen atoms in total. The third-order valence-electron chi connectivity index (χ3n) is 6.10. The Hall–Kier alpha value is -1.96. The average Bonchev–Trinajstić information content (AvgIpc) is 2.98. The summed E-state index contributed by atoms with van der Waals surface area (Å²) in [6.07, 6.45) is 2.33. The highest BCUT2D eigenvalue weighted by Gasteiger charge is 2.50. The lowest BCUT2D eigenvalue weighted by molar-refractivity contribution is 0.311. The topological polar surface area (TPSA) is 16.4 Å². The molecule has 2 aromatic carbocycles. The fourth-order valence-corrected chi connectivity index (χ4v) is 5.46. The molecule has 1 unspecified atom stereocenters. The van der Waals surface area contributed by atoms with Gasteiger partial charge in [-0.2, -0.15) is 0 Å². The van der Waals surface area contributed by atoms with E-state index < -0.39 is 0 Å². The molecule has 0 radical (unpaired) electrons. The second-order valence-electron chi connectivity index (χ2n) is 8.98. The van der Waals surface area contributed by atoms with E-state index in [1.54, 1.807) is 0 Å². The molecule has 1 fully saturated rings. The van der Waals surface area contributed by atoms with Gasteiger partial charge < -0.3 is 9.32 Å². The minimum atomic E-state index is 0.113. The number of benzene rings is 2. The van der Waals surface area contributed by atoms with E-state index >= 15 is 0 Å². The monoisotopic (exact) mass is 335 g/mol. The first-order chi connectivity index (χ1) is 11.8. The van der Waals surface area contributed by atoms with Crippen molar-refractivity contribution in [1.82, 2.24) is 0 Å². The standard InChI is InChI=1S/C23H29NO/c1-7-19-22(3,4)14-23(5,6)24(19)20-15(2)12-13-17-16-10-8-9-11-18(16)25-21(17)20/h8-13,19H,7,14H2,1-6H3. The van der Waals surface area contributed by atoms with Crippen LogP contribution in [-0.2, 0) is 0 Å². The molecule has 2 heteroatoms. The van der Waals surface area contributed by atoms with Crippen molar-refractivity contribution >= 4 is 27.6 Å². The molecule has 0 spiro atoms. The van der Waals surface area contributed by atoms with Crippen LogP contribution >= 0.6 is 0 Å². The number of para-hydroxylation sites is 1. The predicted molar refractivity (Wildman–Crippen MR) is 107 cm³/mol. The van der Waals surface area contributed by atoms with E-state index in [4.69, 9.17) is 4.42 Å². The summed E-state index contributed by atoms with van der Waals surface area (Å²) in [5, 5.41) is 2.44. The van der Waals surface area contributed by atoms with E-state index in [-0.39, 0.29) is 5.54 Å². The Balaban J connectivity index is 2.04. The van der Waals surface area contributed by atoms with Gasteiger partial charge in [-0.1, -0.05) is 51.1 Å². The minimum Gasteiger partial charge on any atom is -0.454 e. The number of fused-ring (bicyclic) bond motifs is 3. The van der Waals surface area contributed by atoms with Gasteiger partial charge in [-0.3, -0.25) is 0 Å². The molecule has 2 heterocycles. The highest BCUT2D eigenvalue weighted by molar-refractivity contribution is 6.09. The van der Waals surface area contributed by atoms with E-state index in [2.05, 4.69) is 82.8 Å². The van der Waals surface area contributed by atoms with Crippen molar-refractivity contribution < 1.29 is 4.42 Å². The molecule has 0 bridgehead atoms. The maximum absolute atomic E-state index is 6.39. The summed E-state index contributed by atoms with van der Waals surface area (Å²) in [7, 11) is 0. The van der Waals surface area contributed by atoms with Gasteiger partial charge in [0, 0.05) is 22.4 Å². The van der Waals surface area contributed by atoms with Gasteiger partial charge in [0.05, 0.1) is 5.69 Å². The number of hydrogen-bond acceptors (Lipinski definition) is 2. The molecule has 1 atom stereocenters. The van der Waals surface area contributed by atoms with Crippen molar-refractivity contribution in [3.8, 4) is 0 Å². The first-order valence-corrected chi connectivity index (χ1v) is 9.46. The van der Waals surface area contributed by atoms with Gasteiger partial charge in [0.2, 0.25) is 0 Å². The van der Waals surface area contributed by atoms with E-state index in [0.717, 1.165) is 17.6 Å². The number of hydrogen-bond donors (Lipinski definition) is 0. The summed E-state index contributed by atoms with van der Waals surface area (Å²) in [4.78, 5) is 2.66. The molecule has 0 aliphatic carbocycles. The van der Waals surface area contributed by atoms with Crippen LogP contribution in [0.25, 0.3) is 21.9 Å². The zero-order valence-electron chi connectivity index (χ0n) is 16.3. The number of aryl methyl sites for hydroxylation is 1. The fraction of sp³-hybridized carbons (Fsp3) is 0.478. The maximum atomic E-state index is 6.39. The van der Waals surface area contributed by atoms with Crippen molar-refractivity contribution in [2.75, 3.05) is 4.90 Å². The summed E-state index contributed by atoms with van der Waals surface area (Å²) < 4.78 is 6.39. The van der Waals surface area contributed by atoms with Gasteiger partial charge in [-0.05, 0) is 50.7 Å². The highest BCUT2D eigenvalue weighted by Crippen LogP contribution is 2.52. The van der Waals surface area contributed by atoms with Crippen LogP contribution in [-0.4, -0.2) is 11.6 Å². The van der Waals surface area contributed by atoms with Crippen molar-refractivity contribution in [3.63, 3.8) is 0 Å². The van der Waals surface area contributed by atoms with Gasteiger partial charge in [-0.25, -0.2) is 0 Å². The van der Waals surface area contributed by atoms with Gasteiger partial charge >= 0.3 is 0 Å². The van der Waals surface area contributed by atoms with E-state index in [9.17, 15) is 0 Å². The molecule has 1 aliphatic heterocycles. The van der Waals surface area contributed by atoms with Crippen LogP contribution in [0.3, 0.4) is 0 Å². The zero-order chi connectivity index (χ0) is 18.0. The number of anilines is 1. The number of furan rings is 1.